The Morgan fingerprint density at radius 1 is 1.17 bits per heavy atom. The first-order chi connectivity index (χ1) is 16.7. The van der Waals surface area contributed by atoms with Crippen molar-refractivity contribution in [1.82, 2.24) is 15.8 Å². The molecule has 0 bridgehead atoms. The van der Waals surface area contributed by atoms with Crippen LogP contribution in [0.1, 0.15) is 46.1 Å². The third-order valence-corrected chi connectivity index (χ3v) is 6.38. The number of amides is 2. The molecule has 36 heavy (non-hydrogen) atoms. The molecule has 2 amide bonds. The van der Waals surface area contributed by atoms with Crippen LogP contribution >= 0.6 is 23.2 Å². The van der Waals surface area contributed by atoms with Crippen molar-refractivity contribution in [2.45, 2.75) is 52.1 Å². The van der Waals surface area contributed by atoms with E-state index in [1.54, 1.807) is 11.9 Å². The third-order valence-electron chi connectivity index (χ3n) is 5.64. The van der Waals surface area contributed by atoms with Crippen LogP contribution in [-0.4, -0.2) is 62.6 Å². The van der Waals surface area contributed by atoms with Crippen LogP contribution < -0.4 is 10.9 Å². The van der Waals surface area contributed by atoms with Crippen molar-refractivity contribution in [3.05, 3.63) is 33.8 Å². The Bertz CT molecular complexity index is 872. The molecular formula is C24H35Cl2F2N3O5. The summed E-state index contributed by atoms with van der Waals surface area (Å²) in [6, 6.07) is 3.79. The van der Waals surface area contributed by atoms with Gasteiger partial charge in [0.15, 0.2) is 0 Å². The van der Waals surface area contributed by atoms with Crippen LogP contribution in [0.3, 0.4) is 0 Å². The van der Waals surface area contributed by atoms with E-state index in [-0.39, 0.29) is 33.0 Å². The predicted octanol–water partition coefficient (Wildman–Crippen LogP) is 4.82. The number of likely N-dealkylation sites (tertiary alicyclic amines) is 1. The first kappa shape index (κ1) is 32.0. The maximum atomic E-state index is 12.7. The fraction of sp³-hybridized carbons (Fsp3) is 0.625. The van der Waals surface area contributed by atoms with Gasteiger partial charge < -0.3 is 19.2 Å². The largest absolute Gasteiger partial charge is 0.444 e. The van der Waals surface area contributed by atoms with Gasteiger partial charge in [0.1, 0.15) is 11.9 Å². The summed E-state index contributed by atoms with van der Waals surface area (Å²) in [5.74, 6) is -2.96. The number of hydrogen-bond acceptors (Lipinski definition) is 6. The zero-order chi connectivity index (χ0) is 27.6. The molecule has 2 aliphatic rings. The zero-order valence-corrected chi connectivity index (χ0v) is 22.7. The second kappa shape index (κ2) is 14.1. The van der Waals surface area contributed by atoms with Crippen LogP contribution in [-0.2, 0) is 25.0 Å². The molecule has 1 atom stereocenters. The number of benzene rings is 1. The lowest BCUT2D eigenvalue weighted by Gasteiger charge is -2.35. The van der Waals surface area contributed by atoms with Crippen LogP contribution in [0, 0.1) is 11.3 Å². The van der Waals surface area contributed by atoms with Crippen LogP contribution in [0.15, 0.2) is 18.2 Å². The number of halogens is 4. The Labute approximate surface area is 220 Å². The quantitative estimate of drug-likeness (QED) is 0.409. The van der Waals surface area contributed by atoms with E-state index < -0.39 is 11.5 Å². The van der Waals surface area contributed by atoms with E-state index in [0.717, 1.165) is 26.1 Å². The lowest BCUT2D eigenvalue weighted by atomic mass is 9.73. The fourth-order valence-electron chi connectivity index (χ4n) is 3.78. The molecule has 0 aliphatic carbocycles. The van der Waals surface area contributed by atoms with E-state index in [4.69, 9.17) is 32.7 Å². The van der Waals surface area contributed by atoms with Crippen LogP contribution in [0.2, 0.25) is 10.0 Å². The minimum atomic E-state index is -2.87. The van der Waals surface area contributed by atoms with Gasteiger partial charge in [0.2, 0.25) is 6.41 Å². The molecule has 3 rings (SSSR count). The Morgan fingerprint density at radius 2 is 1.78 bits per heavy atom. The van der Waals surface area contributed by atoms with Gasteiger partial charge in [-0.15, -0.1) is 0 Å². The van der Waals surface area contributed by atoms with Gasteiger partial charge in [-0.2, -0.15) is 0 Å². The Balaban J connectivity index is 0.000000325. The molecular weight excluding hydrogens is 519 g/mol. The zero-order valence-electron chi connectivity index (χ0n) is 21.2. The number of nitrogens with zero attached hydrogens (tertiary/aromatic N) is 1. The second-order valence-electron chi connectivity index (χ2n) is 9.61. The Hall–Kier alpha value is -2.01. The smallest absolute Gasteiger partial charge is 0.410 e. The molecule has 1 aromatic carbocycles. The minimum absolute atomic E-state index is 0.0936. The van der Waals surface area contributed by atoms with Crippen LogP contribution in [0.5, 0.6) is 0 Å². The number of rotatable bonds is 4. The monoisotopic (exact) mass is 553 g/mol. The topological polar surface area (TPSA) is 97.0 Å². The average Bonchev–Trinajstić information content (AvgIpc) is 3.13. The van der Waals surface area contributed by atoms with Crippen molar-refractivity contribution in [2.75, 3.05) is 33.4 Å². The lowest BCUT2D eigenvalue weighted by molar-refractivity contribution is -0.115. The summed E-state index contributed by atoms with van der Waals surface area (Å²) in [7, 11) is 1.62. The predicted molar refractivity (Wildman–Crippen MR) is 134 cm³/mol. The van der Waals surface area contributed by atoms with Gasteiger partial charge in [0, 0.05) is 57.2 Å². The van der Waals surface area contributed by atoms with E-state index in [1.807, 2.05) is 20.8 Å². The number of carbonyl (C=O) groups excluding carboxylic acids is 3. The van der Waals surface area contributed by atoms with Gasteiger partial charge in [-0.25, -0.2) is 19.0 Å². The first-order valence-electron chi connectivity index (χ1n) is 11.4. The number of nitrogens with one attached hydrogen (secondary N) is 2. The standard InChI is InChI=1S/C14H23NO4.C8H6Cl2F2.C2H6N2O/c1-13(2,3)19-12(17)15-8-11(9-16)14(10-15)4-6-18-7-5-14;1-8(11,12)5-2-3-6(9)7(10)4-5;1-3-4-2-5/h9,11H,4-8,10H2,1-3H3;2-4H,1H3;2-3H,1H3,(H,4,5). The molecule has 1 aromatic rings. The molecule has 0 aromatic heterocycles. The number of alkyl halides is 2. The number of hydrazine groups is 1. The first-order valence-corrected chi connectivity index (χ1v) is 12.1. The lowest BCUT2D eigenvalue weighted by Crippen LogP contribution is -2.39. The van der Waals surface area contributed by atoms with Gasteiger partial charge in [-0.05, 0) is 45.7 Å². The van der Waals surface area contributed by atoms with Crippen molar-refractivity contribution in [2.24, 2.45) is 11.3 Å². The molecule has 204 valence electrons. The SMILES string of the molecule is CC(C)(C)OC(=O)N1CC(C=O)C2(CCOCC2)C1.CC(F)(F)c1ccc(Cl)c(Cl)c1.CNNC=O. The van der Waals surface area contributed by atoms with Crippen LogP contribution in [0.25, 0.3) is 0 Å². The molecule has 2 saturated heterocycles. The second-order valence-corrected chi connectivity index (χ2v) is 10.4. The summed E-state index contributed by atoms with van der Waals surface area (Å²) in [6.07, 6.45) is 2.93. The molecule has 0 saturated carbocycles. The minimum Gasteiger partial charge on any atom is -0.444 e. The summed E-state index contributed by atoms with van der Waals surface area (Å²) in [4.78, 5) is 34.3. The van der Waals surface area contributed by atoms with Gasteiger partial charge in [-0.3, -0.25) is 10.2 Å². The maximum absolute atomic E-state index is 12.7. The van der Waals surface area contributed by atoms with Crippen molar-refractivity contribution < 1.29 is 32.6 Å². The summed E-state index contributed by atoms with van der Waals surface area (Å²) in [5.41, 5.74) is 3.85. The highest BCUT2D eigenvalue weighted by atomic mass is 35.5. The number of aldehydes is 1. The van der Waals surface area contributed by atoms with E-state index in [0.29, 0.717) is 32.7 Å². The normalized spacial score (nSPS) is 18.8. The van der Waals surface area contributed by atoms with E-state index in [1.165, 1.54) is 18.2 Å². The van der Waals surface area contributed by atoms with Crippen molar-refractivity contribution in [3.8, 4) is 0 Å². The summed E-state index contributed by atoms with van der Waals surface area (Å²) >= 11 is 11.1. The van der Waals surface area contributed by atoms with Crippen molar-refractivity contribution in [3.63, 3.8) is 0 Å². The summed E-state index contributed by atoms with van der Waals surface area (Å²) < 4.78 is 36.1. The highest BCUT2D eigenvalue weighted by Crippen LogP contribution is 2.43. The molecule has 8 nitrogen and oxygen atoms in total. The highest BCUT2D eigenvalue weighted by molar-refractivity contribution is 6.42. The molecule has 1 unspecified atom stereocenters. The number of hydrogen-bond donors (Lipinski definition) is 2. The average molecular weight is 554 g/mol. The Morgan fingerprint density at radius 3 is 2.19 bits per heavy atom. The van der Waals surface area contributed by atoms with Gasteiger partial charge >= 0.3 is 6.09 Å². The van der Waals surface area contributed by atoms with E-state index in [2.05, 4.69) is 10.9 Å². The van der Waals surface area contributed by atoms with Crippen LogP contribution in [0.4, 0.5) is 13.6 Å². The van der Waals surface area contributed by atoms with Gasteiger partial charge in [0.25, 0.3) is 5.92 Å². The van der Waals surface area contributed by atoms with E-state index in [9.17, 15) is 23.2 Å². The Kier molecular flexibility index (Phi) is 12.5. The highest BCUT2D eigenvalue weighted by Gasteiger charge is 2.49. The van der Waals surface area contributed by atoms with E-state index >= 15 is 0 Å². The van der Waals surface area contributed by atoms with Gasteiger partial charge in [0.05, 0.1) is 10.0 Å². The van der Waals surface area contributed by atoms with Crippen molar-refractivity contribution >= 4 is 42.0 Å². The molecule has 2 heterocycles. The fourth-order valence-corrected chi connectivity index (χ4v) is 4.08. The van der Waals surface area contributed by atoms with Crippen molar-refractivity contribution in [1.29, 1.82) is 0 Å². The molecule has 2 aliphatic heterocycles. The summed E-state index contributed by atoms with van der Waals surface area (Å²) in [5, 5.41) is 0.431. The number of ether oxygens (including phenoxy) is 2. The molecule has 0 radical (unpaired) electrons. The summed E-state index contributed by atoms with van der Waals surface area (Å²) in [6.45, 7) is 8.78. The maximum Gasteiger partial charge on any atom is 0.410 e. The molecule has 1 spiro atoms. The molecule has 2 N–H and O–H groups in total. The molecule has 12 heteroatoms. The molecule has 2 fully saturated rings. The number of carbonyl (C=O) groups is 3. The van der Waals surface area contributed by atoms with Gasteiger partial charge in [-0.1, -0.05) is 29.3 Å². The third kappa shape index (κ3) is 10.2.